The summed E-state index contributed by atoms with van der Waals surface area (Å²) in [5, 5.41) is 0. The number of rotatable bonds is 4. The van der Waals surface area contributed by atoms with E-state index >= 15 is 0 Å². The highest BCUT2D eigenvalue weighted by Gasteiger charge is 2.41. The molecule has 0 aromatic heterocycles. The number of ether oxygens (including phenoxy) is 1. The van der Waals surface area contributed by atoms with Crippen molar-refractivity contribution in [1.29, 1.82) is 0 Å². The van der Waals surface area contributed by atoms with Crippen LogP contribution in [0.15, 0.2) is 48.5 Å². The molecule has 12 heteroatoms. The Morgan fingerprint density at radius 3 is 1.98 bits per heavy atom. The molecule has 0 aliphatic carbocycles. The van der Waals surface area contributed by atoms with Gasteiger partial charge in [0.15, 0.2) is 0 Å². The van der Waals surface area contributed by atoms with E-state index in [2.05, 4.69) is 0 Å². The lowest BCUT2D eigenvalue weighted by molar-refractivity contribution is -0.143. The highest BCUT2D eigenvalue weighted by molar-refractivity contribution is 5.75. The second-order valence-corrected chi connectivity index (χ2v) is 10.9. The summed E-state index contributed by atoms with van der Waals surface area (Å²) in [5.74, 6) is 0. The van der Waals surface area contributed by atoms with Crippen LogP contribution in [0.3, 0.4) is 0 Å². The third-order valence-electron chi connectivity index (χ3n) is 6.56. The third-order valence-corrected chi connectivity index (χ3v) is 6.56. The Morgan fingerprint density at radius 2 is 1.48 bits per heavy atom. The zero-order valence-electron chi connectivity index (χ0n) is 22.9. The van der Waals surface area contributed by atoms with Crippen LogP contribution < -0.4 is 0 Å². The van der Waals surface area contributed by atoms with Gasteiger partial charge in [0, 0.05) is 27.2 Å². The van der Waals surface area contributed by atoms with E-state index in [1.807, 2.05) is 0 Å². The number of likely N-dealkylation sites (N-methyl/N-ethyl adjacent to an activating group) is 1. The number of nitrogens with zero attached hydrogens (tertiary/aromatic N) is 3. The van der Waals surface area contributed by atoms with E-state index in [4.69, 9.17) is 4.74 Å². The molecule has 1 aliphatic rings. The summed E-state index contributed by atoms with van der Waals surface area (Å²) < 4.78 is 85.6. The molecule has 0 bridgehead atoms. The van der Waals surface area contributed by atoms with Crippen LogP contribution in [0.1, 0.15) is 61.9 Å². The minimum absolute atomic E-state index is 0.0541. The quantitative estimate of drug-likeness (QED) is 0.360. The van der Waals surface area contributed by atoms with Crippen LogP contribution in [0.5, 0.6) is 0 Å². The molecule has 2 unspecified atom stereocenters. The number of halogens is 6. The van der Waals surface area contributed by atoms with Crippen molar-refractivity contribution in [2.24, 2.45) is 0 Å². The van der Waals surface area contributed by atoms with Crippen LogP contribution in [0, 0.1) is 0 Å². The molecular formula is C28H33F6N3O3. The standard InChI is InChI=1S/C28H33F6N3O3/c1-26(2,3)40-25(39)36(5)22-12-9-13-37(23(22)19-10-7-6-8-11-19)24(38)35(4)17-18-14-20(27(29,30)31)16-21(15-18)28(32,33)34/h6-8,10-11,14-16,22-23H,9,12-13,17H2,1-5H3. The van der Waals surface area contributed by atoms with Crippen molar-refractivity contribution in [3.8, 4) is 0 Å². The van der Waals surface area contributed by atoms with Crippen LogP contribution in [0.4, 0.5) is 35.9 Å². The first-order chi connectivity index (χ1) is 18.4. The largest absolute Gasteiger partial charge is 0.444 e. The summed E-state index contributed by atoms with van der Waals surface area (Å²) in [6.45, 7) is 4.99. The Balaban J connectivity index is 1.94. The number of hydrogen-bond acceptors (Lipinski definition) is 3. The second-order valence-electron chi connectivity index (χ2n) is 10.9. The van der Waals surface area contributed by atoms with E-state index in [1.54, 1.807) is 58.2 Å². The Labute approximate surface area is 229 Å². The zero-order chi connectivity index (χ0) is 30.0. The lowest BCUT2D eigenvalue weighted by atomic mass is 9.89. The maximum atomic E-state index is 13.7. The number of carbonyl (C=O) groups excluding carboxylic acids is 2. The van der Waals surface area contributed by atoms with E-state index < -0.39 is 59.8 Å². The predicted octanol–water partition coefficient (Wildman–Crippen LogP) is 7.35. The molecule has 1 heterocycles. The van der Waals surface area contributed by atoms with Crippen LogP contribution in [-0.2, 0) is 23.6 Å². The van der Waals surface area contributed by atoms with Crippen molar-refractivity contribution >= 4 is 12.1 Å². The van der Waals surface area contributed by atoms with Gasteiger partial charge in [0.2, 0.25) is 0 Å². The van der Waals surface area contributed by atoms with E-state index in [1.165, 1.54) is 16.8 Å². The number of benzene rings is 2. The van der Waals surface area contributed by atoms with Crippen molar-refractivity contribution in [3.63, 3.8) is 0 Å². The zero-order valence-corrected chi connectivity index (χ0v) is 22.9. The predicted molar refractivity (Wildman–Crippen MR) is 136 cm³/mol. The van der Waals surface area contributed by atoms with Gasteiger partial charge in [0.1, 0.15) is 5.60 Å². The van der Waals surface area contributed by atoms with Crippen molar-refractivity contribution in [2.75, 3.05) is 20.6 Å². The Bertz CT molecular complexity index is 1160. The molecule has 6 nitrogen and oxygen atoms in total. The fourth-order valence-corrected chi connectivity index (χ4v) is 4.79. The summed E-state index contributed by atoms with van der Waals surface area (Å²) in [6.07, 6.45) is -9.51. The molecule has 40 heavy (non-hydrogen) atoms. The van der Waals surface area contributed by atoms with Crippen LogP contribution >= 0.6 is 0 Å². The van der Waals surface area contributed by atoms with Gasteiger partial charge in [0.25, 0.3) is 0 Å². The number of piperidine rings is 1. The number of amides is 3. The monoisotopic (exact) mass is 573 g/mol. The maximum Gasteiger partial charge on any atom is 0.416 e. The molecule has 2 aromatic carbocycles. The first-order valence-electron chi connectivity index (χ1n) is 12.7. The Hall–Kier alpha value is -3.44. The minimum Gasteiger partial charge on any atom is -0.444 e. The van der Waals surface area contributed by atoms with E-state index in [0.717, 1.165) is 10.5 Å². The van der Waals surface area contributed by atoms with Crippen LogP contribution in [-0.4, -0.2) is 59.1 Å². The topological polar surface area (TPSA) is 53.1 Å². The molecule has 3 amide bonds. The number of hydrogen-bond donors (Lipinski definition) is 0. The average molecular weight is 574 g/mol. The van der Waals surface area contributed by atoms with Gasteiger partial charge in [-0.3, -0.25) is 0 Å². The Morgan fingerprint density at radius 1 is 0.925 bits per heavy atom. The second kappa shape index (κ2) is 11.6. The first-order valence-corrected chi connectivity index (χ1v) is 12.7. The van der Waals surface area contributed by atoms with E-state index in [-0.39, 0.29) is 18.2 Å². The minimum atomic E-state index is -5.00. The molecule has 1 aliphatic heterocycles. The summed E-state index contributed by atoms with van der Waals surface area (Å²) in [5.41, 5.74) is -3.23. The summed E-state index contributed by atoms with van der Waals surface area (Å²) in [4.78, 5) is 30.6. The van der Waals surface area contributed by atoms with Crippen LogP contribution in [0.2, 0.25) is 0 Å². The lowest BCUT2D eigenvalue weighted by Crippen LogP contribution is -2.55. The molecule has 0 saturated carbocycles. The molecule has 1 fully saturated rings. The number of carbonyl (C=O) groups is 2. The first kappa shape index (κ1) is 31.1. The van der Waals surface area contributed by atoms with Gasteiger partial charge in [-0.05, 0) is 62.9 Å². The van der Waals surface area contributed by atoms with Crippen molar-refractivity contribution in [1.82, 2.24) is 14.7 Å². The fraction of sp³-hybridized carbons (Fsp3) is 0.500. The van der Waals surface area contributed by atoms with Gasteiger partial charge in [-0.25, -0.2) is 9.59 Å². The highest BCUT2D eigenvalue weighted by Crippen LogP contribution is 2.38. The number of urea groups is 1. The average Bonchev–Trinajstić information content (AvgIpc) is 2.85. The number of likely N-dealkylation sites (tertiary alicyclic amines) is 1. The SMILES string of the molecule is CN(Cc1cc(C(F)(F)F)cc(C(F)(F)F)c1)C(=O)N1CCCC(N(C)C(=O)OC(C)(C)C)C1c1ccccc1. The van der Waals surface area contributed by atoms with Gasteiger partial charge in [-0.15, -0.1) is 0 Å². The van der Waals surface area contributed by atoms with E-state index in [9.17, 15) is 35.9 Å². The van der Waals surface area contributed by atoms with Crippen molar-refractivity contribution in [2.45, 2.75) is 70.2 Å². The molecule has 2 atom stereocenters. The molecule has 1 saturated heterocycles. The van der Waals surface area contributed by atoms with Gasteiger partial charge in [-0.1, -0.05) is 30.3 Å². The molecule has 2 aromatic rings. The Kier molecular flexibility index (Phi) is 9.00. The maximum absolute atomic E-state index is 13.7. The molecule has 0 radical (unpaired) electrons. The molecular weight excluding hydrogens is 540 g/mol. The normalized spacial score (nSPS) is 18.3. The molecule has 0 N–H and O–H groups in total. The summed E-state index contributed by atoms with van der Waals surface area (Å²) in [6, 6.07) is 8.52. The molecule has 3 rings (SSSR count). The fourth-order valence-electron chi connectivity index (χ4n) is 4.79. The van der Waals surface area contributed by atoms with Crippen molar-refractivity contribution < 1.29 is 40.7 Å². The van der Waals surface area contributed by atoms with Crippen molar-refractivity contribution in [3.05, 3.63) is 70.8 Å². The molecule has 220 valence electrons. The number of alkyl halides is 6. The highest BCUT2D eigenvalue weighted by atomic mass is 19.4. The molecule has 0 spiro atoms. The third kappa shape index (κ3) is 7.60. The smallest absolute Gasteiger partial charge is 0.416 e. The van der Waals surface area contributed by atoms with E-state index in [0.29, 0.717) is 25.0 Å². The van der Waals surface area contributed by atoms with Gasteiger partial charge >= 0.3 is 24.5 Å². The van der Waals surface area contributed by atoms with Crippen LogP contribution in [0.25, 0.3) is 0 Å². The summed E-state index contributed by atoms with van der Waals surface area (Å²) in [7, 11) is 2.90. The lowest BCUT2D eigenvalue weighted by Gasteiger charge is -2.46. The van der Waals surface area contributed by atoms with Gasteiger partial charge in [-0.2, -0.15) is 26.3 Å². The summed E-state index contributed by atoms with van der Waals surface area (Å²) >= 11 is 0. The van der Waals surface area contributed by atoms with Gasteiger partial charge in [0.05, 0.1) is 23.2 Å². The van der Waals surface area contributed by atoms with Gasteiger partial charge < -0.3 is 19.4 Å².